The lowest BCUT2D eigenvalue weighted by Crippen LogP contribution is -2.37. The molecule has 3 aromatic rings. The molecule has 0 radical (unpaired) electrons. The molecule has 28 heavy (non-hydrogen) atoms. The molecule has 2 heterocycles. The molecule has 1 aliphatic heterocycles. The SMILES string of the molecule is COc1ccc(S(=O)(=O)N2CCC(c3cn(C)c4ccccc34)CC2)cc1C. The summed E-state index contributed by atoms with van der Waals surface area (Å²) in [5.41, 5.74) is 3.38. The number of hydrogen-bond acceptors (Lipinski definition) is 3. The van der Waals surface area contributed by atoms with Gasteiger partial charge in [0.25, 0.3) is 0 Å². The van der Waals surface area contributed by atoms with Crippen LogP contribution in [0.2, 0.25) is 0 Å². The number of benzene rings is 2. The van der Waals surface area contributed by atoms with Gasteiger partial charge in [0.05, 0.1) is 12.0 Å². The first kappa shape index (κ1) is 19.0. The lowest BCUT2D eigenvalue weighted by atomic mass is 9.90. The van der Waals surface area contributed by atoms with E-state index in [4.69, 9.17) is 4.74 Å². The summed E-state index contributed by atoms with van der Waals surface area (Å²) in [7, 11) is 0.179. The van der Waals surface area contributed by atoms with Crippen molar-refractivity contribution < 1.29 is 13.2 Å². The van der Waals surface area contributed by atoms with Crippen LogP contribution in [0.4, 0.5) is 0 Å². The number of piperidine rings is 1. The molecule has 148 valence electrons. The van der Waals surface area contributed by atoms with Gasteiger partial charge < -0.3 is 9.30 Å². The lowest BCUT2D eigenvalue weighted by molar-refractivity contribution is 0.320. The van der Waals surface area contributed by atoms with Crippen LogP contribution in [-0.2, 0) is 17.1 Å². The van der Waals surface area contributed by atoms with E-state index in [1.165, 1.54) is 16.5 Å². The van der Waals surface area contributed by atoms with Crippen molar-refractivity contribution in [2.24, 2.45) is 7.05 Å². The third-order valence-corrected chi connectivity index (χ3v) is 7.72. The minimum Gasteiger partial charge on any atom is -0.496 e. The minimum atomic E-state index is -3.48. The number of rotatable bonds is 4. The van der Waals surface area contributed by atoms with Gasteiger partial charge in [-0.1, -0.05) is 18.2 Å². The molecule has 0 spiro atoms. The molecule has 6 heteroatoms. The van der Waals surface area contributed by atoms with Crippen LogP contribution in [-0.4, -0.2) is 37.5 Å². The van der Waals surface area contributed by atoms with E-state index >= 15 is 0 Å². The van der Waals surface area contributed by atoms with Crippen LogP contribution in [0.3, 0.4) is 0 Å². The number of sulfonamides is 1. The van der Waals surface area contributed by atoms with Crippen molar-refractivity contribution in [1.82, 2.24) is 8.87 Å². The molecular weight excluding hydrogens is 372 g/mol. The maximum absolute atomic E-state index is 13.1. The summed E-state index contributed by atoms with van der Waals surface area (Å²) in [4.78, 5) is 0.342. The Bertz CT molecular complexity index is 1110. The zero-order chi connectivity index (χ0) is 19.9. The third kappa shape index (κ3) is 3.20. The van der Waals surface area contributed by atoms with E-state index < -0.39 is 10.0 Å². The van der Waals surface area contributed by atoms with Crippen molar-refractivity contribution in [3.8, 4) is 5.75 Å². The Kier molecular flexibility index (Phi) is 4.93. The third-order valence-electron chi connectivity index (χ3n) is 5.83. The maximum Gasteiger partial charge on any atom is 0.243 e. The Morgan fingerprint density at radius 2 is 1.79 bits per heavy atom. The second-order valence-corrected chi connectivity index (χ2v) is 9.46. The molecule has 0 N–H and O–H groups in total. The number of ether oxygens (including phenoxy) is 1. The number of aryl methyl sites for hydroxylation is 2. The second kappa shape index (κ2) is 7.26. The zero-order valence-corrected chi connectivity index (χ0v) is 17.4. The summed E-state index contributed by atoms with van der Waals surface area (Å²) in [6.45, 7) is 2.95. The molecule has 1 aliphatic rings. The minimum absolute atomic E-state index is 0.342. The van der Waals surface area contributed by atoms with E-state index in [0.717, 1.165) is 18.4 Å². The Labute approximate surface area is 166 Å². The summed E-state index contributed by atoms with van der Waals surface area (Å²) < 4.78 is 35.2. The van der Waals surface area contributed by atoms with E-state index in [1.807, 2.05) is 6.92 Å². The molecule has 0 unspecified atom stereocenters. The highest BCUT2D eigenvalue weighted by molar-refractivity contribution is 7.89. The van der Waals surface area contributed by atoms with Gasteiger partial charge in [-0.05, 0) is 61.1 Å². The van der Waals surface area contributed by atoms with Crippen molar-refractivity contribution in [1.29, 1.82) is 0 Å². The second-order valence-electron chi connectivity index (χ2n) is 7.52. The maximum atomic E-state index is 13.1. The van der Waals surface area contributed by atoms with Crippen molar-refractivity contribution in [3.63, 3.8) is 0 Å². The van der Waals surface area contributed by atoms with E-state index in [0.29, 0.717) is 29.7 Å². The normalized spacial score (nSPS) is 16.5. The molecule has 0 aliphatic carbocycles. The van der Waals surface area contributed by atoms with E-state index in [9.17, 15) is 8.42 Å². The predicted molar refractivity (Wildman–Crippen MR) is 111 cm³/mol. The fourth-order valence-corrected chi connectivity index (χ4v) is 5.82. The monoisotopic (exact) mass is 398 g/mol. The van der Waals surface area contributed by atoms with Crippen molar-refractivity contribution in [3.05, 3.63) is 59.8 Å². The lowest BCUT2D eigenvalue weighted by Gasteiger charge is -2.31. The fraction of sp³-hybridized carbons (Fsp3) is 0.364. The largest absolute Gasteiger partial charge is 0.496 e. The Morgan fingerprint density at radius 1 is 1.07 bits per heavy atom. The van der Waals surface area contributed by atoms with Gasteiger partial charge in [-0.3, -0.25) is 0 Å². The fourth-order valence-electron chi connectivity index (χ4n) is 4.27. The molecule has 0 atom stereocenters. The van der Waals surface area contributed by atoms with Crippen LogP contribution in [0.5, 0.6) is 5.75 Å². The number of nitrogens with zero attached hydrogens (tertiary/aromatic N) is 2. The quantitative estimate of drug-likeness (QED) is 0.666. The number of para-hydroxylation sites is 1. The summed E-state index contributed by atoms with van der Waals surface area (Å²) in [6, 6.07) is 13.5. The highest BCUT2D eigenvalue weighted by atomic mass is 32.2. The Hall–Kier alpha value is -2.31. The Morgan fingerprint density at radius 3 is 2.46 bits per heavy atom. The summed E-state index contributed by atoms with van der Waals surface area (Å²) >= 11 is 0. The highest BCUT2D eigenvalue weighted by Crippen LogP contribution is 2.35. The molecule has 5 nitrogen and oxygen atoms in total. The first-order chi connectivity index (χ1) is 13.4. The molecule has 2 aromatic carbocycles. The molecule has 4 rings (SSSR count). The standard InChI is InChI=1S/C22H26N2O3S/c1-16-14-18(8-9-22(16)27-3)28(25,26)24-12-10-17(11-13-24)20-15-23(2)21-7-5-4-6-19(20)21/h4-9,14-15,17H,10-13H2,1-3H3. The molecule has 1 fully saturated rings. The zero-order valence-electron chi connectivity index (χ0n) is 16.6. The van der Waals surface area contributed by atoms with Crippen LogP contribution in [0.1, 0.15) is 29.9 Å². The van der Waals surface area contributed by atoms with Crippen LogP contribution in [0.15, 0.2) is 53.6 Å². The number of methoxy groups -OCH3 is 1. The summed E-state index contributed by atoms with van der Waals surface area (Å²) in [5, 5.41) is 1.28. The van der Waals surface area contributed by atoms with Crippen LogP contribution < -0.4 is 4.74 Å². The molecule has 0 bridgehead atoms. The van der Waals surface area contributed by atoms with Gasteiger partial charge in [0.1, 0.15) is 5.75 Å². The van der Waals surface area contributed by atoms with Crippen molar-refractivity contribution in [2.45, 2.75) is 30.6 Å². The van der Waals surface area contributed by atoms with Crippen LogP contribution in [0.25, 0.3) is 10.9 Å². The summed E-state index contributed by atoms with van der Waals surface area (Å²) in [5.74, 6) is 1.09. The number of aromatic nitrogens is 1. The highest BCUT2D eigenvalue weighted by Gasteiger charge is 2.31. The molecule has 0 amide bonds. The van der Waals surface area contributed by atoms with Gasteiger partial charge in [0.15, 0.2) is 0 Å². The van der Waals surface area contributed by atoms with E-state index in [-0.39, 0.29) is 0 Å². The first-order valence-corrected chi connectivity index (χ1v) is 11.0. The predicted octanol–water partition coefficient (Wildman–Crippen LogP) is 4.06. The topological polar surface area (TPSA) is 51.5 Å². The van der Waals surface area contributed by atoms with Gasteiger partial charge in [-0.25, -0.2) is 8.42 Å². The molecule has 1 aromatic heterocycles. The van der Waals surface area contributed by atoms with Gasteiger partial charge in [-0.15, -0.1) is 0 Å². The van der Waals surface area contributed by atoms with E-state index in [2.05, 4.69) is 42.1 Å². The molecule has 1 saturated heterocycles. The number of hydrogen-bond donors (Lipinski definition) is 0. The van der Waals surface area contributed by atoms with E-state index in [1.54, 1.807) is 29.6 Å². The van der Waals surface area contributed by atoms with Crippen LogP contribution in [0, 0.1) is 6.92 Å². The molecular formula is C22H26N2O3S. The summed E-state index contributed by atoms with van der Waals surface area (Å²) in [6.07, 6.45) is 3.87. The first-order valence-electron chi connectivity index (χ1n) is 9.60. The average molecular weight is 399 g/mol. The van der Waals surface area contributed by atoms with Gasteiger partial charge in [-0.2, -0.15) is 4.31 Å². The average Bonchev–Trinajstić information content (AvgIpc) is 3.05. The Balaban J connectivity index is 1.54. The number of fused-ring (bicyclic) bond motifs is 1. The van der Waals surface area contributed by atoms with Crippen molar-refractivity contribution in [2.75, 3.05) is 20.2 Å². The van der Waals surface area contributed by atoms with Crippen molar-refractivity contribution >= 4 is 20.9 Å². The molecule has 0 saturated carbocycles. The van der Waals surface area contributed by atoms with Gasteiger partial charge in [0.2, 0.25) is 10.0 Å². The smallest absolute Gasteiger partial charge is 0.243 e. The van der Waals surface area contributed by atoms with Gasteiger partial charge >= 0.3 is 0 Å². The van der Waals surface area contributed by atoms with Crippen LogP contribution >= 0.6 is 0 Å². The van der Waals surface area contributed by atoms with Gasteiger partial charge in [0, 0.05) is 37.2 Å².